The minimum atomic E-state index is 0.774. The first-order chi connectivity index (χ1) is 9.76. The standard InChI is InChI=1S/C16H23N3O/c1-19(11-5-3-4-9-17)16-15-7-6-14(20-2)12-13(15)8-10-18-16/h6-8,10,12H,3-5,9,11,17H2,1-2H3. The molecule has 0 fully saturated rings. The molecule has 0 bridgehead atoms. The Morgan fingerprint density at radius 1 is 1.20 bits per heavy atom. The second-order valence-electron chi connectivity index (χ2n) is 4.99. The van der Waals surface area contributed by atoms with E-state index >= 15 is 0 Å². The van der Waals surface area contributed by atoms with Gasteiger partial charge in [0.1, 0.15) is 11.6 Å². The van der Waals surface area contributed by atoms with Crippen LogP contribution in [0.2, 0.25) is 0 Å². The minimum absolute atomic E-state index is 0.774. The number of methoxy groups -OCH3 is 1. The maximum Gasteiger partial charge on any atom is 0.136 e. The largest absolute Gasteiger partial charge is 0.497 e. The van der Waals surface area contributed by atoms with Gasteiger partial charge in [0, 0.05) is 25.2 Å². The molecule has 4 heteroatoms. The van der Waals surface area contributed by atoms with E-state index in [9.17, 15) is 0 Å². The summed E-state index contributed by atoms with van der Waals surface area (Å²) in [6, 6.07) is 8.12. The SMILES string of the molecule is COc1ccc2c(N(C)CCCCCN)nccc2c1. The number of ether oxygens (including phenoxy) is 1. The lowest BCUT2D eigenvalue weighted by molar-refractivity contribution is 0.415. The Kier molecular flexibility index (Phi) is 5.18. The second-order valence-corrected chi connectivity index (χ2v) is 4.99. The quantitative estimate of drug-likeness (QED) is 0.788. The van der Waals surface area contributed by atoms with Crippen LogP contribution in [0.1, 0.15) is 19.3 Å². The number of rotatable bonds is 7. The molecule has 0 aliphatic carbocycles. The molecular formula is C16H23N3O. The summed E-state index contributed by atoms with van der Waals surface area (Å²) in [6.45, 7) is 1.77. The molecule has 0 spiro atoms. The van der Waals surface area contributed by atoms with Crippen molar-refractivity contribution >= 4 is 16.6 Å². The van der Waals surface area contributed by atoms with Crippen molar-refractivity contribution in [3.63, 3.8) is 0 Å². The van der Waals surface area contributed by atoms with Crippen molar-refractivity contribution in [3.8, 4) is 5.75 Å². The Labute approximate surface area is 120 Å². The Morgan fingerprint density at radius 2 is 2.05 bits per heavy atom. The van der Waals surface area contributed by atoms with Gasteiger partial charge in [-0.2, -0.15) is 0 Å². The van der Waals surface area contributed by atoms with E-state index in [2.05, 4.69) is 23.0 Å². The first-order valence-corrected chi connectivity index (χ1v) is 7.10. The van der Waals surface area contributed by atoms with Crippen molar-refractivity contribution in [1.29, 1.82) is 0 Å². The van der Waals surface area contributed by atoms with Gasteiger partial charge in [-0.15, -0.1) is 0 Å². The number of nitrogens with two attached hydrogens (primary N) is 1. The van der Waals surface area contributed by atoms with Crippen LogP contribution in [-0.4, -0.2) is 32.2 Å². The monoisotopic (exact) mass is 273 g/mol. The van der Waals surface area contributed by atoms with Gasteiger partial charge in [0.25, 0.3) is 0 Å². The van der Waals surface area contributed by atoms with Gasteiger partial charge < -0.3 is 15.4 Å². The maximum absolute atomic E-state index is 5.52. The van der Waals surface area contributed by atoms with Crippen molar-refractivity contribution < 1.29 is 4.74 Å². The van der Waals surface area contributed by atoms with Crippen LogP contribution in [0.3, 0.4) is 0 Å². The molecular weight excluding hydrogens is 250 g/mol. The van der Waals surface area contributed by atoms with E-state index in [1.807, 2.05) is 24.4 Å². The fraction of sp³-hybridized carbons (Fsp3) is 0.438. The van der Waals surface area contributed by atoms with Crippen LogP contribution in [0, 0.1) is 0 Å². The minimum Gasteiger partial charge on any atom is -0.497 e. The zero-order valence-corrected chi connectivity index (χ0v) is 12.3. The van der Waals surface area contributed by atoms with Crippen molar-refractivity contribution in [3.05, 3.63) is 30.5 Å². The van der Waals surface area contributed by atoms with Gasteiger partial charge in [-0.3, -0.25) is 0 Å². The van der Waals surface area contributed by atoms with Gasteiger partial charge in [-0.05, 0) is 49.0 Å². The van der Waals surface area contributed by atoms with Crippen molar-refractivity contribution in [2.24, 2.45) is 5.73 Å². The van der Waals surface area contributed by atoms with Crippen LogP contribution in [0.5, 0.6) is 5.75 Å². The molecule has 0 atom stereocenters. The van der Waals surface area contributed by atoms with E-state index in [-0.39, 0.29) is 0 Å². The summed E-state index contributed by atoms with van der Waals surface area (Å²) in [5.41, 5.74) is 5.52. The van der Waals surface area contributed by atoms with E-state index in [1.54, 1.807) is 7.11 Å². The molecule has 20 heavy (non-hydrogen) atoms. The van der Waals surface area contributed by atoms with Gasteiger partial charge in [0.05, 0.1) is 7.11 Å². The second kappa shape index (κ2) is 7.10. The maximum atomic E-state index is 5.52. The lowest BCUT2D eigenvalue weighted by atomic mass is 10.1. The summed E-state index contributed by atoms with van der Waals surface area (Å²) in [6.07, 6.45) is 5.25. The topological polar surface area (TPSA) is 51.4 Å². The van der Waals surface area contributed by atoms with Gasteiger partial charge in [-0.1, -0.05) is 6.42 Å². The van der Waals surface area contributed by atoms with Gasteiger partial charge in [-0.25, -0.2) is 4.98 Å². The number of hydrogen-bond donors (Lipinski definition) is 1. The first kappa shape index (κ1) is 14.6. The van der Waals surface area contributed by atoms with Crippen LogP contribution < -0.4 is 15.4 Å². The summed E-state index contributed by atoms with van der Waals surface area (Å²) in [4.78, 5) is 6.74. The highest BCUT2D eigenvalue weighted by atomic mass is 16.5. The third-order valence-electron chi connectivity index (χ3n) is 3.51. The Morgan fingerprint density at radius 3 is 2.80 bits per heavy atom. The van der Waals surface area contributed by atoms with Gasteiger partial charge >= 0.3 is 0 Å². The number of fused-ring (bicyclic) bond motifs is 1. The molecule has 2 aromatic rings. The van der Waals surface area contributed by atoms with Crippen LogP contribution in [0.25, 0.3) is 10.8 Å². The van der Waals surface area contributed by atoms with Crippen molar-refractivity contribution in [2.45, 2.75) is 19.3 Å². The molecule has 4 nitrogen and oxygen atoms in total. The highest BCUT2D eigenvalue weighted by molar-refractivity contribution is 5.92. The molecule has 0 aliphatic rings. The average molecular weight is 273 g/mol. The van der Waals surface area contributed by atoms with Crippen LogP contribution in [0.4, 0.5) is 5.82 Å². The number of nitrogens with zero attached hydrogens (tertiary/aromatic N) is 2. The normalized spacial score (nSPS) is 10.8. The molecule has 1 aromatic heterocycles. The molecule has 0 saturated heterocycles. The zero-order chi connectivity index (χ0) is 14.4. The van der Waals surface area contributed by atoms with Crippen molar-refractivity contribution in [1.82, 2.24) is 4.98 Å². The number of anilines is 1. The van der Waals surface area contributed by atoms with E-state index < -0.39 is 0 Å². The fourth-order valence-corrected chi connectivity index (χ4v) is 2.35. The molecule has 108 valence electrons. The van der Waals surface area contributed by atoms with Gasteiger partial charge in [0.2, 0.25) is 0 Å². The summed E-state index contributed by atoms with van der Waals surface area (Å²) >= 11 is 0. The molecule has 2 N–H and O–H groups in total. The first-order valence-electron chi connectivity index (χ1n) is 7.10. The van der Waals surface area contributed by atoms with E-state index in [1.165, 1.54) is 6.42 Å². The van der Waals surface area contributed by atoms with Crippen LogP contribution in [0.15, 0.2) is 30.5 Å². The highest BCUT2D eigenvalue weighted by Gasteiger charge is 2.08. The van der Waals surface area contributed by atoms with E-state index in [0.717, 1.165) is 48.3 Å². The van der Waals surface area contributed by atoms with E-state index in [0.29, 0.717) is 0 Å². The molecule has 1 aromatic carbocycles. The predicted octanol–water partition coefficient (Wildman–Crippen LogP) is 2.81. The van der Waals surface area contributed by atoms with Gasteiger partial charge in [0.15, 0.2) is 0 Å². The Bertz CT molecular complexity index is 556. The summed E-state index contributed by atoms with van der Waals surface area (Å²) in [5, 5.41) is 2.32. The Balaban J connectivity index is 2.16. The zero-order valence-electron chi connectivity index (χ0n) is 12.3. The lowest BCUT2D eigenvalue weighted by Gasteiger charge is -2.20. The number of aromatic nitrogens is 1. The highest BCUT2D eigenvalue weighted by Crippen LogP contribution is 2.27. The Hall–Kier alpha value is -1.81. The van der Waals surface area contributed by atoms with Crippen LogP contribution >= 0.6 is 0 Å². The molecule has 0 aliphatic heterocycles. The third kappa shape index (κ3) is 3.39. The number of hydrogen-bond acceptors (Lipinski definition) is 4. The number of benzene rings is 1. The van der Waals surface area contributed by atoms with E-state index in [4.69, 9.17) is 10.5 Å². The molecule has 1 heterocycles. The number of unbranched alkanes of at least 4 members (excludes halogenated alkanes) is 2. The number of pyridine rings is 1. The molecule has 0 amide bonds. The molecule has 0 unspecified atom stereocenters. The summed E-state index contributed by atoms with van der Waals surface area (Å²) in [5.74, 6) is 1.90. The van der Waals surface area contributed by atoms with Crippen molar-refractivity contribution in [2.75, 3.05) is 32.1 Å². The van der Waals surface area contributed by atoms with Crippen LogP contribution in [-0.2, 0) is 0 Å². The third-order valence-corrected chi connectivity index (χ3v) is 3.51. The molecule has 0 saturated carbocycles. The lowest BCUT2D eigenvalue weighted by Crippen LogP contribution is -2.20. The average Bonchev–Trinajstić information content (AvgIpc) is 2.50. The molecule has 0 radical (unpaired) electrons. The smallest absolute Gasteiger partial charge is 0.136 e. The summed E-state index contributed by atoms with van der Waals surface area (Å²) < 4.78 is 5.27. The fourth-order valence-electron chi connectivity index (χ4n) is 2.35. The summed E-state index contributed by atoms with van der Waals surface area (Å²) in [7, 11) is 3.78. The molecule has 2 rings (SSSR count). The predicted molar refractivity (Wildman–Crippen MR) is 84.5 cm³/mol.